The Labute approximate surface area is 141 Å². The van der Waals surface area contributed by atoms with E-state index in [0.29, 0.717) is 5.56 Å². The molecule has 0 heterocycles. The fourth-order valence-corrected chi connectivity index (χ4v) is 1.96. The molecule has 1 amide bonds. The van der Waals surface area contributed by atoms with E-state index in [1.165, 1.54) is 61.7 Å². The van der Waals surface area contributed by atoms with Crippen LogP contribution >= 0.6 is 0 Å². The third kappa shape index (κ3) is 4.61. The minimum atomic E-state index is -0.582. The highest BCUT2D eigenvalue weighted by atomic mass is 16.6. The van der Waals surface area contributed by atoms with Crippen LogP contribution in [0.2, 0.25) is 0 Å². The van der Waals surface area contributed by atoms with E-state index in [0.717, 1.165) is 0 Å². The van der Waals surface area contributed by atoms with E-state index in [1.807, 2.05) is 0 Å². The van der Waals surface area contributed by atoms with Crippen LogP contribution in [-0.2, 0) is 4.79 Å². The van der Waals surface area contributed by atoms with Crippen molar-refractivity contribution in [1.29, 1.82) is 0 Å². The number of rotatable bonds is 6. The highest BCUT2D eigenvalue weighted by Gasteiger charge is 2.12. The molecule has 128 valence electrons. The molecule has 0 fully saturated rings. The second-order valence-electron chi connectivity index (χ2n) is 4.81. The summed E-state index contributed by atoms with van der Waals surface area (Å²) in [5.74, 6) is -0.250. The monoisotopic (exact) mass is 343 g/mol. The Kier molecular flexibility index (Phi) is 5.41. The lowest BCUT2D eigenvalue weighted by atomic mass is 10.2. The number of anilines is 1. The maximum atomic E-state index is 12.0. The van der Waals surface area contributed by atoms with Gasteiger partial charge in [-0.15, -0.1) is 0 Å². The van der Waals surface area contributed by atoms with Crippen LogP contribution in [0.4, 0.5) is 17.1 Å². The van der Waals surface area contributed by atoms with Crippen LogP contribution in [-0.4, -0.2) is 22.9 Å². The zero-order valence-corrected chi connectivity index (χ0v) is 13.0. The molecule has 0 aliphatic carbocycles. The van der Waals surface area contributed by atoms with Crippen LogP contribution in [0.25, 0.3) is 6.08 Å². The van der Waals surface area contributed by atoms with Gasteiger partial charge >= 0.3 is 0 Å². The van der Waals surface area contributed by atoms with E-state index in [2.05, 4.69) is 5.32 Å². The Bertz CT molecular complexity index is 845. The van der Waals surface area contributed by atoms with Gasteiger partial charge < -0.3 is 10.1 Å². The van der Waals surface area contributed by atoms with E-state index >= 15 is 0 Å². The van der Waals surface area contributed by atoms with Gasteiger partial charge in [0.2, 0.25) is 5.91 Å². The number of non-ortho nitro benzene ring substituents is 2. The fraction of sp³-hybridized carbons (Fsp3) is 0.0625. The molecule has 1 N–H and O–H groups in total. The molecule has 0 radical (unpaired) electrons. The lowest BCUT2D eigenvalue weighted by Gasteiger charge is -2.08. The molecule has 0 aromatic heterocycles. The maximum absolute atomic E-state index is 12.0. The van der Waals surface area contributed by atoms with Gasteiger partial charge in [0.1, 0.15) is 5.75 Å². The molecule has 9 heteroatoms. The van der Waals surface area contributed by atoms with Crippen LogP contribution in [0, 0.1) is 20.2 Å². The largest absolute Gasteiger partial charge is 0.495 e. The van der Waals surface area contributed by atoms with Crippen molar-refractivity contribution < 1.29 is 19.4 Å². The molecule has 0 unspecified atom stereocenters. The Hall–Kier alpha value is -3.75. The van der Waals surface area contributed by atoms with Crippen LogP contribution in [0.3, 0.4) is 0 Å². The second kappa shape index (κ2) is 7.68. The van der Waals surface area contributed by atoms with E-state index in [9.17, 15) is 25.0 Å². The lowest BCUT2D eigenvalue weighted by molar-refractivity contribution is -0.385. The summed E-state index contributed by atoms with van der Waals surface area (Å²) in [6.07, 6.45) is 2.67. The van der Waals surface area contributed by atoms with Crippen LogP contribution in [0.5, 0.6) is 5.75 Å². The summed E-state index contributed by atoms with van der Waals surface area (Å²) in [7, 11) is 1.38. The second-order valence-corrected chi connectivity index (χ2v) is 4.81. The molecule has 2 rings (SSSR count). The van der Waals surface area contributed by atoms with Crippen molar-refractivity contribution in [3.8, 4) is 5.75 Å². The predicted octanol–water partition coefficient (Wildman–Crippen LogP) is 3.16. The minimum Gasteiger partial charge on any atom is -0.495 e. The van der Waals surface area contributed by atoms with Crippen molar-refractivity contribution in [3.05, 3.63) is 74.3 Å². The Morgan fingerprint density at radius 3 is 2.20 bits per heavy atom. The fourth-order valence-electron chi connectivity index (χ4n) is 1.96. The highest BCUT2D eigenvalue weighted by Crippen LogP contribution is 2.28. The lowest BCUT2D eigenvalue weighted by Crippen LogP contribution is -2.09. The molecule has 0 saturated heterocycles. The van der Waals surface area contributed by atoms with Gasteiger partial charge in [-0.05, 0) is 29.8 Å². The third-order valence-corrected chi connectivity index (χ3v) is 3.18. The Balaban J connectivity index is 2.12. The summed E-state index contributed by atoms with van der Waals surface area (Å²) in [4.78, 5) is 32.3. The average Bonchev–Trinajstić information content (AvgIpc) is 2.60. The SMILES string of the molecule is COc1ccc([N+](=O)[O-])cc1NC(=O)C=Cc1ccc([N+](=O)[O-])cc1. The van der Waals surface area contributed by atoms with Crippen molar-refractivity contribution in [1.82, 2.24) is 0 Å². The third-order valence-electron chi connectivity index (χ3n) is 3.18. The van der Waals surface area contributed by atoms with E-state index in [4.69, 9.17) is 4.74 Å². The number of amides is 1. The van der Waals surface area contributed by atoms with Crippen molar-refractivity contribution in [2.24, 2.45) is 0 Å². The Morgan fingerprint density at radius 2 is 1.64 bits per heavy atom. The number of nitrogens with zero attached hydrogens (tertiary/aromatic N) is 2. The van der Waals surface area contributed by atoms with Gasteiger partial charge in [-0.2, -0.15) is 0 Å². The molecule has 0 aliphatic heterocycles. The normalized spacial score (nSPS) is 10.4. The standard InChI is InChI=1S/C16H13N3O6/c1-25-15-8-7-13(19(23)24)10-14(15)17-16(20)9-4-11-2-5-12(6-3-11)18(21)22/h2-10H,1H3,(H,17,20). The number of carbonyl (C=O) groups excluding carboxylic acids is 1. The zero-order valence-electron chi connectivity index (χ0n) is 13.0. The predicted molar refractivity (Wildman–Crippen MR) is 90.4 cm³/mol. The zero-order chi connectivity index (χ0) is 18.4. The number of hydrogen-bond donors (Lipinski definition) is 1. The number of nitrogens with one attached hydrogen (secondary N) is 1. The summed E-state index contributed by atoms with van der Waals surface area (Å²) in [6, 6.07) is 9.47. The molecule has 9 nitrogen and oxygen atoms in total. The highest BCUT2D eigenvalue weighted by molar-refractivity contribution is 6.03. The molecule has 0 saturated carbocycles. The first kappa shape index (κ1) is 17.6. The quantitative estimate of drug-likeness (QED) is 0.488. The maximum Gasteiger partial charge on any atom is 0.271 e. The number of ether oxygens (including phenoxy) is 1. The average molecular weight is 343 g/mol. The molecule has 0 aliphatic rings. The van der Waals surface area contributed by atoms with Crippen molar-refractivity contribution >= 4 is 29.0 Å². The first-order valence-corrected chi connectivity index (χ1v) is 6.96. The minimum absolute atomic E-state index is 0.0528. The van der Waals surface area contributed by atoms with E-state index in [1.54, 1.807) is 0 Å². The van der Waals surface area contributed by atoms with Gasteiger partial charge in [0, 0.05) is 30.3 Å². The Morgan fingerprint density at radius 1 is 1.04 bits per heavy atom. The topological polar surface area (TPSA) is 125 Å². The molecule has 2 aromatic rings. The van der Waals surface area contributed by atoms with Crippen molar-refractivity contribution in [3.63, 3.8) is 0 Å². The van der Waals surface area contributed by atoms with E-state index in [-0.39, 0.29) is 22.8 Å². The van der Waals surface area contributed by atoms with Gasteiger partial charge in [-0.3, -0.25) is 25.0 Å². The van der Waals surface area contributed by atoms with Gasteiger partial charge in [0.15, 0.2) is 0 Å². The van der Waals surface area contributed by atoms with Gasteiger partial charge in [-0.25, -0.2) is 0 Å². The van der Waals surface area contributed by atoms with Crippen LogP contribution < -0.4 is 10.1 Å². The molecular formula is C16H13N3O6. The van der Waals surface area contributed by atoms with Crippen LogP contribution in [0.15, 0.2) is 48.5 Å². The number of carbonyl (C=O) groups is 1. The molecule has 2 aromatic carbocycles. The number of benzene rings is 2. The number of hydrogen-bond acceptors (Lipinski definition) is 6. The number of nitro benzene ring substituents is 2. The molecule has 25 heavy (non-hydrogen) atoms. The molecule has 0 bridgehead atoms. The van der Waals surface area contributed by atoms with Gasteiger partial charge in [0.05, 0.1) is 22.6 Å². The van der Waals surface area contributed by atoms with Gasteiger partial charge in [0.25, 0.3) is 11.4 Å². The number of nitro groups is 2. The summed E-state index contributed by atoms with van der Waals surface area (Å²) >= 11 is 0. The first-order valence-electron chi connectivity index (χ1n) is 6.96. The molecule has 0 spiro atoms. The van der Waals surface area contributed by atoms with Crippen molar-refractivity contribution in [2.45, 2.75) is 0 Å². The summed E-state index contributed by atoms with van der Waals surface area (Å²) in [5, 5.41) is 23.9. The first-order chi connectivity index (χ1) is 11.9. The molecular weight excluding hydrogens is 330 g/mol. The van der Waals surface area contributed by atoms with Gasteiger partial charge in [-0.1, -0.05) is 0 Å². The van der Waals surface area contributed by atoms with Crippen molar-refractivity contribution in [2.75, 3.05) is 12.4 Å². The smallest absolute Gasteiger partial charge is 0.271 e. The van der Waals surface area contributed by atoms with Crippen LogP contribution in [0.1, 0.15) is 5.56 Å². The molecule has 0 atom stereocenters. The number of methoxy groups -OCH3 is 1. The summed E-state index contributed by atoms with van der Waals surface area (Å²) < 4.78 is 5.05. The summed E-state index contributed by atoms with van der Waals surface area (Å²) in [6.45, 7) is 0. The summed E-state index contributed by atoms with van der Waals surface area (Å²) in [5.41, 5.74) is 0.514. The van der Waals surface area contributed by atoms with E-state index < -0.39 is 15.8 Å².